The standard InChI is InChI=1S/C12H23N3O5S/c1-6(2)3-7(13)10(17)14-8(4-16)11(18)15-9(5-21)12(19)20/h6-9,16,21H,3-5,13H2,1-2H3,(H,14,17)(H,15,18)(H,19,20)/t7-,8-,9-/m0/s1. The lowest BCUT2D eigenvalue weighted by Crippen LogP contribution is -2.56. The number of hydrogen-bond donors (Lipinski definition) is 6. The number of aliphatic hydroxyl groups is 1. The normalized spacial score (nSPS) is 15.1. The highest BCUT2D eigenvalue weighted by Gasteiger charge is 2.26. The number of carboxylic acid groups (broad SMARTS) is 1. The van der Waals surface area contributed by atoms with Crippen LogP contribution in [0.3, 0.4) is 0 Å². The van der Waals surface area contributed by atoms with Gasteiger partial charge in [0.1, 0.15) is 12.1 Å². The van der Waals surface area contributed by atoms with Crippen molar-refractivity contribution in [1.29, 1.82) is 0 Å². The zero-order valence-electron chi connectivity index (χ0n) is 12.1. The molecule has 0 rings (SSSR count). The van der Waals surface area contributed by atoms with E-state index >= 15 is 0 Å². The summed E-state index contributed by atoms with van der Waals surface area (Å²) in [6.07, 6.45) is 0.431. The van der Waals surface area contributed by atoms with Gasteiger partial charge < -0.3 is 26.6 Å². The molecule has 0 aromatic heterocycles. The van der Waals surface area contributed by atoms with Crippen LogP contribution in [0.4, 0.5) is 0 Å². The lowest BCUT2D eigenvalue weighted by atomic mass is 10.0. The van der Waals surface area contributed by atoms with Crippen molar-refractivity contribution in [2.75, 3.05) is 12.4 Å². The zero-order valence-corrected chi connectivity index (χ0v) is 13.0. The molecular weight excluding hydrogens is 298 g/mol. The Labute approximate surface area is 128 Å². The average molecular weight is 321 g/mol. The molecule has 0 aromatic rings. The van der Waals surface area contributed by atoms with Crippen LogP contribution in [0.2, 0.25) is 0 Å². The average Bonchev–Trinajstić information content (AvgIpc) is 2.40. The van der Waals surface area contributed by atoms with Crippen molar-refractivity contribution < 1.29 is 24.6 Å². The van der Waals surface area contributed by atoms with Crippen molar-refractivity contribution in [1.82, 2.24) is 10.6 Å². The molecule has 21 heavy (non-hydrogen) atoms. The number of aliphatic carboxylic acids is 1. The van der Waals surface area contributed by atoms with Crippen LogP contribution in [-0.4, -0.2) is 58.5 Å². The Morgan fingerprint density at radius 1 is 1.14 bits per heavy atom. The smallest absolute Gasteiger partial charge is 0.327 e. The minimum absolute atomic E-state index is 0.111. The topological polar surface area (TPSA) is 142 Å². The maximum Gasteiger partial charge on any atom is 0.327 e. The van der Waals surface area contributed by atoms with E-state index in [1.54, 1.807) is 0 Å². The molecule has 0 bridgehead atoms. The summed E-state index contributed by atoms with van der Waals surface area (Å²) in [5.74, 6) is -2.54. The van der Waals surface area contributed by atoms with Gasteiger partial charge in [-0.15, -0.1) is 0 Å². The van der Waals surface area contributed by atoms with Crippen molar-refractivity contribution in [2.24, 2.45) is 11.7 Å². The summed E-state index contributed by atoms with van der Waals surface area (Å²) in [6.45, 7) is 3.13. The largest absolute Gasteiger partial charge is 0.480 e. The van der Waals surface area contributed by atoms with Crippen LogP contribution in [-0.2, 0) is 14.4 Å². The van der Waals surface area contributed by atoms with Gasteiger partial charge in [0.25, 0.3) is 0 Å². The van der Waals surface area contributed by atoms with Gasteiger partial charge in [0.2, 0.25) is 11.8 Å². The molecular formula is C12H23N3O5S. The highest BCUT2D eigenvalue weighted by molar-refractivity contribution is 7.80. The van der Waals surface area contributed by atoms with Gasteiger partial charge in [0, 0.05) is 5.75 Å². The first-order chi connectivity index (χ1) is 9.72. The highest BCUT2D eigenvalue weighted by Crippen LogP contribution is 2.03. The monoisotopic (exact) mass is 321 g/mol. The van der Waals surface area contributed by atoms with Crippen LogP contribution in [0, 0.1) is 5.92 Å². The first-order valence-corrected chi connectivity index (χ1v) is 7.17. The zero-order chi connectivity index (χ0) is 16.6. The first kappa shape index (κ1) is 19.7. The SMILES string of the molecule is CC(C)C[C@H](N)C(=O)N[C@@H](CO)C(=O)N[C@@H](CS)C(=O)O. The van der Waals surface area contributed by atoms with Crippen molar-refractivity contribution in [3.05, 3.63) is 0 Å². The Morgan fingerprint density at radius 3 is 2.05 bits per heavy atom. The summed E-state index contributed by atoms with van der Waals surface area (Å²) in [4.78, 5) is 34.4. The molecule has 0 aliphatic heterocycles. The minimum Gasteiger partial charge on any atom is -0.480 e. The van der Waals surface area contributed by atoms with E-state index in [4.69, 9.17) is 15.9 Å². The molecule has 0 saturated carbocycles. The number of thiol groups is 1. The summed E-state index contributed by atoms with van der Waals surface area (Å²) in [5, 5.41) is 22.4. The third-order valence-electron chi connectivity index (χ3n) is 2.67. The molecule has 0 radical (unpaired) electrons. The highest BCUT2D eigenvalue weighted by atomic mass is 32.1. The summed E-state index contributed by atoms with van der Waals surface area (Å²) in [7, 11) is 0. The van der Waals surface area contributed by atoms with Crippen LogP contribution < -0.4 is 16.4 Å². The van der Waals surface area contributed by atoms with Crippen molar-refractivity contribution in [3.8, 4) is 0 Å². The van der Waals surface area contributed by atoms with E-state index in [-0.39, 0.29) is 11.7 Å². The van der Waals surface area contributed by atoms with Crippen molar-refractivity contribution in [2.45, 2.75) is 38.4 Å². The van der Waals surface area contributed by atoms with Gasteiger partial charge >= 0.3 is 5.97 Å². The van der Waals surface area contributed by atoms with Crippen molar-refractivity contribution >= 4 is 30.4 Å². The fourth-order valence-electron chi connectivity index (χ4n) is 1.55. The molecule has 0 heterocycles. The Morgan fingerprint density at radius 2 is 1.67 bits per heavy atom. The number of amides is 2. The van der Waals surface area contributed by atoms with E-state index in [2.05, 4.69) is 23.3 Å². The van der Waals surface area contributed by atoms with E-state index in [0.717, 1.165) is 0 Å². The molecule has 8 nitrogen and oxygen atoms in total. The van der Waals surface area contributed by atoms with Gasteiger partial charge in [0.15, 0.2) is 0 Å². The molecule has 6 N–H and O–H groups in total. The number of carbonyl (C=O) groups excluding carboxylic acids is 2. The van der Waals surface area contributed by atoms with Crippen LogP contribution in [0.25, 0.3) is 0 Å². The number of aliphatic hydroxyl groups excluding tert-OH is 1. The Balaban J connectivity index is 4.59. The second-order valence-corrected chi connectivity index (χ2v) is 5.43. The van der Waals surface area contributed by atoms with E-state index in [0.29, 0.717) is 6.42 Å². The van der Waals surface area contributed by atoms with Gasteiger partial charge in [-0.1, -0.05) is 13.8 Å². The number of hydrogen-bond acceptors (Lipinski definition) is 6. The maximum atomic E-state index is 11.8. The number of nitrogens with two attached hydrogens (primary N) is 1. The van der Waals surface area contributed by atoms with Gasteiger partial charge in [-0.05, 0) is 12.3 Å². The number of nitrogens with one attached hydrogen (secondary N) is 2. The van der Waals surface area contributed by atoms with E-state index < -0.39 is 42.5 Å². The van der Waals surface area contributed by atoms with E-state index in [1.165, 1.54) is 0 Å². The lowest BCUT2D eigenvalue weighted by molar-refractivity contribution is -0.141. The molecule has 3 atom stereocenters. The summed E-state index contributed by atoms with van der Waals surface area (Å²) in [5.41, 5.74) is 5.67. The second-order valence-electron chi connectivity index (χ2n) is 5.06. The maximum absolute atomic E-state index is 11.8. The third-order valence-corrected chi connectivity index (χ3v) is 3.04. The molecule has 122 valence electrons. The van der Waals surface area contributed by atoms with E-state index in [9.17, 15) is 14.4 Å². The fraction of sp³-hybridized carbons (Fsp3) is 0.750. The molecule has 0 spiro atoms. The fourth-order valence-corrected chi connectivity index (χ4v) is 1.79. The molecule has 0 unspecified atom stereocenters. The number of carbonyl (C=O) groups is 3. The van der Waals surface area contributed by atoms with Crippen LogP contribution in [0.1, 0.15) is 20.3 Å². The predicted octanol–water partition coefficient (Wildman–Crippen LogP) is -1.66. The molecule has 2 amide bonds. The lowest BCUT2D eigenvalue weighted by Gasteiger charge is -2.21. The summed E-state index contributed by atoms with van der Waals surface area (Å²) in [6, 6.07) is -3.25. The molecule has 0 aliphatic rings. The van der Waals surface area contributed by atoms with Crippen molar-refractivity contribution in [3.63, 3.8) is 0 Å². The van der Waals surface area contributed by atoms with Gasteiger partial charge in [-0.3, -0.25) is 9.59 Å². The second kappa shape index (κ2) is 9.59. The van der Waals surface area contributed by atoms with Gasteiger partial charge in [-0.2, -0.15) is 12.6 Å². The molecule has 0 fully saturated rings. The molecule has 9 heteroatoms. The third kappa shape index (κ3) is 7.30. The number of rotatable bonds is 9. The first-order valence-electron chi connectivity index (χ1n) is 6.53. The van der Waals surface area contributed by atoms with Gasteiger partial charge in [0.05, 0.1) is 12.6 Å². The molecule has 0 aromatic carbocycles. The minimum atomic E-state index is -1.25. The molecule has 0 aliphatic carbocycles. The summed E-state index contributed by atoms with van der Waals surface area (Å²) < 4.78 is 0. The Bertz CT molecular complexity index is 378. The van der Waals surface area contributed by atoms with E-state index in [1.807, 2.05) is 13.8 Å². The van der Waals surface area contributed by atoms with Gasteiger partial charge in [-0.25, -0.2) is 4.79 Å². The van der Waals surface area contributed by atoms with Crippen LogP contribution >= 0.6 is 12.6 Å². The quantitative estimate of drug-likeness (QED) is 0.281. The summed E-state index contributed by atoms with van der Waals surface area (Å²) >= 11 is 3.80. The predicted molar refractivity (Wildman–Crippen MR) is 79.9 cm³/mol. The van der Waals surface area contributed by atoms with Crippen LogP contribution in [0.15, 0.2) is 0 Å². The van der Waals surface area contributed by atoms with Crippen LogP contribution in [0.5, 0.6) is 0 Å². The Hall–Kier alpha value is -1.32. The number of carboxylic acids is 1. The molecule has 0 saturated heterocycles. The Kier molecular flexibility index (Phi) is 8.98.